The number of hydrogen-bond acceptors (Lipinski definition) is 2. The van der Waals surface area contributed by atoms with E-state index in [9.17, 15) is 0 Å². The molecule has 2 nitrogen and oxygen atoms in total. The zero-order valence-electron chi connectivity index (χ0n) is 14.7. The molecule has 0 amide bonds. The molecule has 0 aliphatic carbocycles. The van der Waals surface area contributed by atoms with Crippen molar-refractivity contribution < 1.29 is 0 Å². The maximum Gasteiger partial charge on any atom is 0.0128 e. The SMILES string of the molecule is CCCCCCCC(C)N(CCC)C1CC2CCC(C1)N2. The maximum absolute atomic E-state index is 3.80. The first kappa shape index (κ1) is 17.3. The van der Waals surface area contributed by atoms with E-state index in [2.05, 4.69) is 31.0 Å². The van der Waals surface area contributed by atoms with Crippen LogP contribution in [-0.4, -0.2) is 35.6 Å². The summed E-state index contributed by atoms with van der Waals surface area (Å²) in [5, 5.41) is 3.80. The lowest BCUT2D eigenvalue weighted by Crippen LogP contribution is -2.51. The molecule has 2 fully saturated rings. The number of rotatable bonds is 10. The van der Waals surface area contributed by atoms with Crippen molar-refractivity contribution in [1.29, 1.82) is 0 Å². The molecule has 21 heavy (non-hydrogen) atoms. The third kappa shape index (κ3) is 5.25. The molecule has 3 unspecified atom stereocenters. The summed E-state index contributed by atoms with van der Waals surface area (Å²) in [4.78, 5) is 2.87. The maximum atomic E-state index is 3.80. The number of nitrogens with zero attached hydrogens (tertiary/aromatic N) is 1. The van der Waals surface area contributed by atoms with Crippen molar-refractivity contribution in [3.05, 3.63) is 0 Å². The van der Waals surface area contributed by atoms with Crippen LogP contribution in [0, 0.1) is 0 Å². The Morgan fingerprint density at radius 2 is 1.62 bits per heavy atom. The Kier molecular flexibility index (Phi) is 7.53. The Hall–Kier alpha value is -0.0800. The van der Waals surface area contributed by atoms with Crippen LogP contribution < -0.4 is 5.32 Å². The second kappa shape index (κ2) is 9.15. The molecule has 1 N–H and O–H groups in total. The van der Waals surface area contributed by atoms with E-state index < -0.39 is 0 Å². The fourth-order valence-electron chi connectivity index (χ4n) is 4.53. The third-order valence-electron chi connectivity index (χ3n) is 5.69. The largest absolute Gasteiger partial charge is 0.311 e. The van der Waals surface area contributed by atoms with Gasteiger partial charge in [-0.2, -0.15) is 0 Å². The molecular weight excluding hydrogens is 256 g/mol. The minimum atomic E-state index is 0.786. The van der Waals surface area contributed by atoms with Gasteiger partial charge in [-0.3, -0.25) is 4.90 Å². The summed E-state index contributed by atoms with van der Waals surface area (Å²) >= 11 is 0. The summed E-state index contributed by atoms with van der Waals surface area (Å²) in [7, 11) is 0. The van der Waals surface area contributed by atoms with E-state index in [0.717, 1.165) is 24.2 Å². The van der Waals surface area contributed by atoms with E-state index in [1.807, 2.05) is 0 Å². The Bertz CT molecular complexity index is 267. The van der Waals surface area contributed by atoms with Crippen LogP contribution in [0.1, 0.15) is 91.4 Å². The van der Waals surface area contributed by atoms with E-state index in [1.54, 1.807) is 0 Å². The topological polar surface area (TPSA) is 15.3 Å². The molecule has 2 aliphatic rings. The van der Waals surface area contributed by atoms with Crippen LogP contribution in [0.3, 0.4) is 0 Å². The van der Waals surface area contributed by atoms with Crippen molar-refractivity contribution in [2.75, 3.05) is 6.54 Å². The Morgan fingerprint density at radius 3 is 2.24 bits per heavy atom. The number of fused-ring (bicyclic) bond motifs is 2. The van der Waals surface area contributed by atoms with Gasteiger partial charge in [-0.1, -0.05) is 46.0 Å². The van der Waals surface area contributed by atoms with Crippen molar-refractivity contribution in [3.63, 3.8) is 0 Å². The molecule has 0 radical (unpaired) electrons. The predicted octanol–water partition coefficient (Wildman–Crippen LogP) is 4.73. The molecule has 2 rings (SSSR count). The first-order valence-electron chi connectivity index (χ1n) is 9.76. The zero-order chi connectivity index (χ0) is 15.1. The summed E-state index contributed by atoms with van der Waals surface area (Å²) in [6.45, 7) is 8.44. The van der Waals surface area contributed by atoms with E-state index >= 15 is 0 Å². The summed E-state index contributed by atoms with van der Waals surface area (Å²) in [5.41, 5.74) is 0. The smallest absolute Gasteiger partial charge is 0.0128 e. The molecule has 2 bridgehead atoms. The van der Waals surface area contributed by atoms with Gasteiger partial charge in [0, 0.05) is 24.2 Å². The van der Waals surface area contributed by atoms with Gasteiger partial charge < -0.3 is 5.32 Å². The molecule has 0 spiro atoms. The number of piperidine rings is 1. The Balaban J connectivity index is 1.77. The Morgan fingerprint density at radius 1 is 0.952 bits per heavy atom. The first-order valence-corrected chi connectivity index (χ1v) is 9.76. The zero-order valence-corrected chi connectivity index (χ0v) is 14.7. The lowest BCUT2D eigenvalue weighted by atomic mass is 9.95. The number of hydrogen-bond donors (Lipinski definition) is 1. The van der Waals surface area contributed by atoms with Gasteiger partial charge >= 0.3 is 0 Å². The van der Waals surface area contributed by atoms with Crippen LogP contribution in [-0.2, 0) is 0 Å². The Labute approximate surface area is 133 Å². The summed E-state index contributed by atoms with van der Waals surface area (Å²) < 4.78 is 0. The normalized spacial score (nSPS) is 30.0. The number of unbranched alkanes of at least 4 members (excludes halogenated alkanes) is 4. The molecule has 2 heteroatoms. The van der Waals surface area contributed by atoms with Crippen LogP contribution in [0.5, 0.6) is 0 Å². The first-order chi connectivity index (χ1) is 10.2. The molecule has 2 saturated heterocycles. The highest BCUT2D eigenvalue weighted by molar-refractivity contribution is 4.96. The molecule has 2 heterocycles. The third-order valence-corrected chi connectivity index (χ3v) is 5.69. The van der Waals surface area contributed by atoms with E-state index in [-0.39, 0.29) is 0 Å². The molecule has 0 saturated carbocycles. The minimum absolute atomic E-state index is 0.786. The van der Waals surface area contributed by atoms with Crippen molar-refractivity contribution in [3.8, 4) is 0 Å². The van der Waals surface area contributed by atoms with E-state index in [1.165, 1.54) is 77.2 Å². The van der Waals surface area contributed by atoms with Gasteiger partial charge in [-0.25, -0.2) is 0 Å². The van der Waals surface area contributed by atoms with Crippen LogP contribution in [0.25, 0.3) is 0 Å². The molecule has 3 atom stereocenters. The average Bonchev–Trinajstić information content (AvgIpc) is 2.82. The fraction of sp³-hybridized carbons (Fsp3) is 1.00. The second-order valence-electron chi connectivity index (χ2n) is 7.55. The minimum Gasteiger partial charge on any atom is -0.311 e. The standard InChI is InChI=1S/C19H38N2/c1-4-6-7-8-9-10-16(3)21(13-5-2)19-14-17-11-12-18(15-19)20-17/h16-20H,4-15H2,1-3H3. The molecule has 2 aliphatic heterocycles. The molecular formula is C19H38N2. The summed E-state index contributed by atoms with van der Waals surface area (Å²) in [5.74, 6) is 0. The van der Waals surface area contributed by atoms with Crippen molar-refractivity contribution >= 4 is 0 Å². The van der Waals surface area contributed by atoms with Gasteiger partial charge in [0.15, 0.2) is 0 Å². The quantitative estimate of drug-likeness (QED) is 0.586. The van der Waals surface area contributed by atoms with Gasteiger partial charge in [-0.05, 0) is 52.0 Å². The van der Waals surface area contributed by atoms with E-state index in [0.29, 0.717) is 0 Å². The molecule has 124 valence electrons. The monoisotopic (exact) mass is 294 g/mol. The van der Waals surface area contributed by atoms with Gasteiger partial charge in [0.1, 0.15) is 0 Å². The summed E-state index contributed by atoms with van der Waals surface area (Å²) in [6.07, 6.45) is 15.4. The van der Waals surface area contributed by atoms with Crippen LogP contribution in [0.15, 0.2) is 0 Å². The van der Waals surface area contributed by atoms with Crippen molar-refractivity contribution in [2.45, 2.75) is 116 Å². The second-order valence-corrected chi connectivity index (χ2v) is 7.55. The molecule has 0 aromatic carbocycles. The van der Waals surface area contributed by atoms with E-state index in [4.69, 9.17) is 0 Å². The van der Waals surface area contributed by atoms with Crippen molar-refractivity contribution in [2.24, 2.45) is 0 Å². The highest BCUT2D eigenvalue weighted by Gasteiger charge is 2.36. The molecule has 0 aromatic heterocycles. The van der Waals surface area contributed by atoms with Gasteiger partial charge in [0.2, 0.25) is 0 Å². The highest BCUT2D eigenvalue weighted by atomic mass is 15.2. The predicted molar refractivity (Wildman–Crippen MR) is 92.8 cm³/mol. The highest BCUT2D eigenvalue weighted by Crippen LogP contribution is 2.31. The van der Waals surface area contributed by atoms with Crippen LogP contribution >= 0.6 is 0 Å². The van der Waals surface area contributed by atoms with Gasteiger partial charge in [-0.15, -0.1) is 0 Å². The van der Waals surface area contributed by atoms with Crippen molar-refractivity contribution in [1.82, 2.24) is 10.2 Å². The van der Waals surface area contributed by atoms with Gasteiger partial charge in [0.05, 0.1) is 0 Å². The fourth-order valence-corrected chi connectivity index (χ4v) is 4.53. The summed E-state index contributed by atoms with van der Waals surface area (Å²) in [6, 6.07) is 3.29. The lowest BCUT2D eigenvalue weighted by Gasteiger charge is -2.41. The number of nitrogens with one attached hydrogen (secondary N) is 1. The van der Waals surface area contributed by atoms with Crippen LogP contribution in [0.4, 0.5) is 0 Å². The lowest BCUT2D eigenvalue weighted by molar-refractivity contribution is 0.0953. The van der Waals surface area contributed by atoms with Crippen LogP contribution in [0.2, 0.25) is 0 Å². The molecule has 0 aromatic rings. The average molecular weight is 295 g/mol. The van der Waals surface area contributed by atoms with Gasteiger partial charge in [0.25, 0.3) is 0 Å².